The van der Waals surface area contributed by atoms with Crippen molar-refractivity contribution in [3.05, 3.63) is 58.0 Å². The average Bonchev–Trinajstić information content (AvgIpc) is 3.30. The van der Waals surface area contributed by atoms with Gasteiger partial charge < -0.3 is 14.2 Å². The summed E-state index contributed by atoms with van der Waals surface area (Å²) in [6.07, 6.45) is 0. The van der Waals surface area contributed by atoms with Crippen molar-refractivity contribution in [1.82, 2.24) is 9.80 Å². The van der Waals surface area contributed by atoms with Crippen molar-refractivity contribution in [2.45, 2.75) is 6.92 Å². The molecule has 1 aliphatic heterocycles. The maximum absolute atomic E-state index is 12.8. The van der Waals surface area contributed by atoms with E-state index in [1.54, 1.807) is 9.80 Å². The number of fused-ring (bicyclic) bond motifs is 1. The number of hydrogen-bond acceptors (Lipinski definition) is 4. The van der Waals surface area contributed by atoms with Crippen LogP contribution in [0.5, 0.6) is 0 Å². The molecule has 6 heteroatoms. The molecule has 1 aliphatic rings. The predicted octanol–water partition coefficient (Wildman–Crippen LogP) is 3.40. The third-order valence-electron chi connectivity index (χ3n) is 4.62. The van der Waals surface area contributed by atoms with Gasteiger partial charge in [0.15, 0.2) is 5.76 Å². The van der Waals surface area contributed by atoms with Gasteiger partial charge in [0.05, 0.1) is 4.88 Å². The third-order valence-corrected chi connectivity index (χ3v) is 5.48. The van der Waals surface area contributed by atoms with Gasteiger partial charge >= 0.3 is 0 Å². The van der Waals surface area contributed by atoms with E-state index in [1.807, 2.05) is 48.7 Å². The Morgan fingerprint density at radius 2 is 1.64 bits per heavy atom. The maximum atomic E-state index is 12.8. The molecule has 128 valence electrons. The molecule has 0 spiro atoms. The quantitative estimate of drug-likeness (QED) is 0.709. The van der Waals surface area contributed by atoms with Gasteiger partial charge in [-0.25, -0.2) is 0 Å². The number of para-hydroxylation sites is 1. The van der Waals surface area contributed by atoms with Crippen LogP contribution >= 0.6 is 11.3 Å². The van der Waals surface area contributed by atoms with E-state index < -0.39 is 0 Å². The van der Waals surface area contributed by atoms with E-state index in [9.17, 15) is 9.59 Å². The fourth-order valence-corrected chi connectivity index (χ4v) is 3.88. The van der Waals surface area contributed by atoms with Gasteiger partial charge in [-0.15, -0.1) is 11.3 Å². The van der Waals surface area contributed by atoms with Crippen molar-refractivity contribution in [1.29, 1.82) is 0 Å². The largest absolute Gasteiger partial charge is 0.451 e. The Morgan fingerprint density at radius 1 is 0.960 bits per heavy atom. The summed E-state index contributed by atoms with van der Waals surface area (Å²) in [4.78, 5) is 29.5. The molecule has 1 fully saturated rings. The first kappa shape index (κ1) is 15.9. The van der Waals surface area contributed by atoms with Gasteiger partial charge in [0.25, 0.3) is 11.8 Å². The lowest BCUT2D eigenvalue weighted by Crippen LogP contribution is -2.50. The lowest BCUT2D eigenvalue weighted by atomic mass is 10.1. The lowest BCUT2D eigenvalue weighted by molar-refractivity contribution is 0.0521. The predicted molar refractivity (Wildman–Crippen MR) is 97.1 cm³/mol. The van der Waals surface area contributed by atoms with Gasteiger partial charge in [-0.05, 0) is 24.4 Å². The molecule has 0 saturated carbocycles. The van der Waals surface area contributed by atoms with Crippen LogP contribution in [0.15, 0.2) is 46.2 Å². The zero-order chi connectivity index (χ0) is 17.4. The minimum atomic E-state index is -0.100. The van der Waals surface area contributed by atoms with Crippen molar-refractivity contribution in [3.63, 3.8) is 0 Å². The van der Waals surface area contributed by atoms with Crippen LogP contribution in [-0.4, -0.2) is 47.8 Å². The van der Waals surface area contributed by atoms with Gasteiger partial charge in [-0.1, -0.05) is 24.3 Å². The second-order valence-electron chi connectivity index (χ2n) is 6.11. The number of thiophene rings is 1. The molecule has 0 aliphatic carbocycles. The molecule has 3 heterocycles. The Balaban J connectivity index is 1.47. The van der Waals surface area contributed by atoms with Gasteiger partial charge in [0.2, 0.25) is 0 Å². The summed E-state index contributed by atoms with van der Waals surface area (Å²) in [7, 11) is 0. The van der Waals surface area contributed by atoms with Gasteiger partial charge in [0.1, 0.15) is 5.58 Å². The normalized spacial score (nSPS) is 14.9. The Labute approximate surface area is 149 Å². The van der Waals surface area contributed by atoms with E-state index in [1.165, 1.54) is 11.3 Å². The molecular weight excluding hydrogens is 336 g/mol. The molecule has 0 unspecified atom stereocenters. The summed E-state index contributed by atoms with van der Waals surface area (Å²) in [6.45, 7) is 4.04. The molecule has 2 amide bonds. The number of rotatable bonds is 2. The van der Waals surface area contributed by atoms with E-state index in [0.717, 1.165) is 21.4 Å². The number of amides is 2. The summed E-state index contributed by atoms with van der Waals surface area (Å²) in [5.74, 6) is 0.346. The zero-order valence-corrected chi connectivity index (χ0v) is 14.7. The molecule has 0 radical (unpaired) electrons. The monoisotopic (exact) mass is 354 g/mol. The van der Waals surface area contributed by atoms with Crippen LogP contribution in [0.4, 0.5) is 0 Å². The number of benzene rings is 1. The van der Waals surface area contributed by atoms with Gasteiger partial charge in [0, 0.05) is 37.1 Å². The Bertz CT molecular complexity index is 921. The molecule has 0 N–H and O–H groups in total. The molecule has 5 nitrogen and oxygen atoms in total. The fraction of sp³-hybridized carbons (Fsp3) is 0.263. The zero-order valence-electron chi connectivity index (χ0n) is 13.9. The Morgan fingerprint density at radius 3 is 2.28 bits per heavy atom. The number of hydrogen-bond donors (Lipinski definition) is 0. The standard InChI is InChI=1S/C19H18N2O3S/c1-13-14-5-2-3-6-15(14)24-17(13)19(23)21-10-8-20(9-11-21)18(22)16-7-4-12-25-16/h2-7,12H,8-11H2,1H3. The van der Waals surface area contributed by atoms with Crippen LogP contribution in [0.25, 0.3) is 11.0 Å². The van der Waals surface area contributed by atoms with Crippen LogP contribution in [0.3, 0.4) is 0 Å². The van der Waals surface area contributed by atoms with E-state index >= 15 is 0 Å². The lowest BCUT2D eigenvalue weighted by Gasteiger charge is -2.34. The number of piperazine rings is 1. The van der Waals surface area contributed by atoms with E-state index in [4.69, 9.17) is 4.42 Å². The molecule has 25 heavy (non-hydrogen) atoms. The summed E-state index contributed by atoms with van der Waals surface area (Å²) in [5.41, 5.74) is 1.60. The van der Waals surface area contributed by atoms with Crippen molar-refractivity contribution in [2.24, 2.45) is 0 Å². The smallest absolute Gasteiger partial charge is 0.290 e. The van der Waals surface area contributed by atoms with Crippen molar-refractivity contribution < 1.29 is 14.0 Å². The highest BCUT2D eigenvalue weighted by Crippen LogP contribution is 2.26. The van der Waals surface area contributed by atoms with Crippen LogP contribution in [-0.2, 0) is 0 Å². The first-order valence-corrected chi connectivity index (χ1v) is 9.13. The fourth-order valence-electron chi connectivity index (χ4n) is 3.19. The number of nitrogens with zero attached hydrogens (tertiary/aromatic N) is 2. The Hall–Kier alpha value is -2.60. The molecule has 1 aromatic carbocycles. The molecule has 0 bridgehead atoms. The van der Waals surface area contributed by atoms with Crippen molar-refractivity contribution >= 4 is 34.1 Å². The molecule has 0 atom stereocenters. The Kier molecular flexibility index (Phi) is 4.05. The summed E-state index contributed by atoms with van der Waals surface area (Å²) >= 11 is 1.45. The topological polar surface area (TPSA) is 53.8 Å². The number of furan rings is 1. The summed E-state index contributed by atoms with van der Waals surface area (Å²) < 4.78 is 5.78. The first-order valence-electron chi connectivity index (χ1n) is 8.25. The minimum Gasteiger partial charge on any atom is -0.451 e. The van der Waals surface area contributed by atoms with Crippen LogP contribution in [0.2, 0.25) is 0 Å². The molecule has 3 aromatic rings. The molecule has 4 rings (SSSR count). The van der Waals surface area contributed by atoms with Gasteiger partial charge in [-0.2, -0.15) is 0 Å². The molecule has 1 saturated heterocycles. The second-order valence-corrected chi connectivity index (χ2v) is 7.06. The number of aryl methyl sites for hydroxylation is 1. The SMILES string of the molecule is Cc1c(C(=O)N2CCN(C(=O)c3cccs3)CC2)oc2ccccc12. The highest BCUT2D eigenvalue weighted by Gasteiger charge is 2.28. The summed E-state index contributed by atoms with van der Waals surface area (Å²) in [6, 6.07) is 11.4. The second kappa shape index (κ2) is 6.37. The minimum absolute atomic E-state index is 0.0435. The molecule has 2 aromatic heterocycles. The third kappa shape index (κ3) is 2.82. The van der Waals surface area contributed by atoms with E-state index in [2.05, 4.69) is 0 Å². The van der Waals surface area contributed by atoms with Crippen molar-refractivity contribution in [3.8, 4) is 0 Å². The van der Waals surface area contributed by atoms with E-state index in [0.29, 0.717) is 31.9 Å². The van der Waals surface area contributed by atoms with Gasteiger partial charge in [-0.3, -0.25) is 9.59 Å². The van der Waals surface area contributed by atoms with Crippen LogP contribution in [0, 0.1) is 6.92 Å². The molecular formula is C19H18N2O3S. The first-order chi connectivity index (χ1) is 12.1. The number of carbonyl (C=O) groups excluding carboxylic acids is 2. The maximum Gasteiger partial charge on any atom is 0.290 e. The summed E-state index contributed by atoms with van der Waals surface area (Å²) in [5, 5.41) is 2.87. The average molecular weight is 354 g/mol. The number of carbonyl (C=O) groups is 2. The van der Waals surface area contributed by atoms with Crippen LogP contribution < -0.4 is 0 Å². The van der Waals surface area contributed by atoms with Crippen LogP contribution in [0.1, 0.15) is 25.8 Å². The highest BCUT2D eigenvalue weighted by molar-refractivity contribution is 7.12. The highest BCUT2D eigenvalue weighted by atomic mass is 32.1. The van der Waals surface area contributed by atoms with E-state index in [-0.39, 0.29) is 11.8 Å². The van der Waals surface area contributed by atoms with Crippen molar-refractivity contribution in [2.75, 3.05) is 26.2 Å².